The fraction of sp³-hybridized carbons (Fsp3) is 0.200. The normalized spacial score (nSPS) is 12.3. The molecular formula is C15H17N5S. The first-order valence-corrected chi connectivity index (χ1v) is 7.66. The van der Waals surface area contributed by atoms with E-state index < -0.39 is 0 Å². The topological polar surface area (TPSA) is 75.9 Å². The van der Waals surface area contributed by atoms with Gasteiger partial charge < -0.3 is 5.32 Å². The molecule has 5 nitrogen and oxygen atoms in total. The predicted molar refractivity (Wildman–Crippen MR) is 88.5 cm³/mol. The number of fused-ring (bicyclic) bond motifs is 1. The van der Waals surface area contributed by atoms with Gasteiger partial charge in [-0.2, -0.15) is 4.98 Å². The van der Waals surface area contributed by atoms with E-state index in [2.05, 4.69) is 45.1 Å². The van der Waals surface area contributed by atoms with E-state index in [-0.39, 0.29) is 6.04 Å². The molecule has 108 valence electrons. The van der Waals surface area contributed by atoms with Gasteiger partial charge in [0, 0.05) is 22.7 Å². The third-order valence-corrected chi connectivity index (χ3v) is 4.10. The van der Waals surface area contributed by atoms with Crippen molar-refractivity contribution in [3.63, 3.8) is 0 Å². The van der Waals surface area contributed by atoms with Crippen LogP contribution in [0.2, 0.25) is 0 Å². The Morgan fingerprint density at radius 2 is 2.05 bits per heavy atom. The lowest BCUT2D eigenvalue weighted by atomic mass is 10.2. The summed E-state index contributed by atoms with van der Waals surface area (Å²) in [5.41, 5.74) is 3.39. The van der Waals surface area contributed by atoms with Crippen LogP contribution in [0.25, 0.3) is 10.9 Å². The van der Waals surface area contributed by atoms with Gasteiger partial charge in [-0.1, -0.05) is 18.2 Å². The largest absolute Gasteiger partial charge is 0.367 e. The van der Waals surface area contributed by atoms with Gasteiger partial charge in [0.1, 0.15) is 5.82 Å². The lowest BCUT2D eigenvalue weighted by molar-refractivity contribution is 0.796. The number of nitrogens with two attached hydrogens (primary N) is 1. The van der Waals surface area contributed by atoms with Crippen LogP contribution in [0.3, 0.4) is 0 Å². The number of hydrogen-bond donors (Lipinski definition) is 3. The number of benzene rings is 1. The standard InChI is InChI=1S/C15H17N5S/c1-10(9-11-5-4-8-21-11)17-14-12-6-2-3-7-13(12)18-15(19-14)20-16/h2-8,10H,9,16H2,1H3,(H2,17,18,19,20). The molecular weight excluding hydrogens is 282 g/mol. The molecule has 0 spiro atoms. The number of para-hydroxylation sites is 1. The second-order valence-electron chi connectivity index (χ2n) is 4.89. The molecule has 6 heteroatoms. The second-order valence-corrected chi connectivity index (χ2v) is 5.92. The Balaban J connectivity index is 1.88. The minimum absolute atomic E-state index is 0.271. The Kier molecular flexibility index (Phi) is 3.98. The molecule has 2 heterocycles. The van der Waals surface area contributed by atoms with Crippen molar-refractivity contribution in [3.8, 4) is 0 Å². The van der Waals surface area contributed by atoms with Crippen LogP contribution in [-0.2, 0) is 6.42 Å². The summed E-state index contributed by atoms with van der Waals surface area (Å²) >= 11 is 1.77. The summed E-state index contributed by atoms with van der Waals surface area (Å²) in [6.07, 6.45) is 0.960. The van der Waals surface area contributed by atoms with Crippen LogP contribution >= 0.6 is 11.3 Å². The van der Waals surface area contributed by atoms with Crippen LogP contribution < -0.4 is 16.6 Å². The van der Waals surface area contributed by atoms with Crippen molar-refractivity contribution in [2.24, 2.45) is 5.84 Å². The monoisotopic (exact) mass is 299 g/mol. The maximum absolute atomic E-state index is 5.45. The van der Waals surface area contributed by atoms with Crippen molar-refractivity contribution in [3.05, 3.63) is 46.7 Å². The number of nitrogens with one attached hydrogen (secondary N) is 2. The van der Waals surface area contributed by atoms with Crippen molar-refractivity contribution < 1.29 is 0 Å². The summed E-state index contributed by atoms with van der Waals surface area (Å²) in [5.74, 6) is 6.67. The molecule has 4 N–H and O–H groups in total. The fourth-order valence-corrected chi connectivity index (χ4v) is 3.10. The van der Waals surface area contributed by atoms with E-state index in [1.165, 1.54) is 4.88 Å². The lowest BCUT2D eigenvalue weighted by Crippen LogP contribution is -2.20. The molecule has 0 amide bonds. The molecule has 21 heavy (non-hydrogen) atoms. The van der Waals surface area contributed by atoms with Gasteiger partial charge in [0.05, 0.1) is 5.52 Å². The molecule has 0 aliphatic rings. The molecule has 3 rings (SSSR count). The van der Waals surface area contributed by atoms with E-state index in [1.54, 1.807) is 11.3 Å². The van der Waals surface area contributed by atoms with E-state index in [0.29, 0.717) is 5.95 Å². The zero-order valence-electron chi connectivity index (χ0n) is 11.7. The second kappa shape index (κ2) is 6.07. The number of rotatable bonds is 5. The van der Waals surface area contributed by atoms with Gasteiger partial charge in [0.2, 0.25) is 5.95 Å². The molecule has 1 unspecified atom stereocenters. The molecule has 2 aromatic heterocycles. The summed E-state index contributed by atoms with van der Waals surface area (Å²) in [6, 6.07) is 12.4. The Hall–Kier alpha value is -2.18. The molecule has 0 fully saturated rings. The highest BCUT2D eigenvalue weighted by Gasteiger charge is 2.10. The van der Waals surface area contributed by atoms with Crippen molar-refractivity contribution in [1.82, 2.24) is 9.97 Å². The van der Waals surface area contributed by atoms with Gasteiger partial charge in [-0.05, 0) is 30.5 Å². The quantitative estimate of drug-likeness (QED) is 0.499. The molecule has 3 aromatic rings. The van der Waals surface area contributed by atoms with Crippen molar-refractivity contribution >= 4 is 34.0 Å². The van der Waals surface area contributed by atoms with E-state index in [4.69, 9.17) is 5.84 Å². The van der Waals surface area contributed by atoms with Gasteiger partial charge in [-0.25, -0.2) is 10.8 Å². The SMILES string of the molecule is CC(Cc1cccs1)Nc1nc(NN)nc2ccccc12. The number of anilines is 2. The van der Waals surface area contributed by atoms with Crippen molar-refractivity contribution in [2.75, 3.05) is 10.7 Å². The Bertz CT molecular complexity index is 726. The molecule has 0 aliphatic heterocycles. The third kappa shape index (κ3) is 3.12. The number of thiophene rings is 1. The minimum Gasteiger partial charge on any atom is -0.367 e. The van der Waals surface area contributed by atoms with Gasteiger partial charge in [0.15, 0.2) is 0 Å². The Labute approximate surface area is 127 Å². The summed E-state index contributed by atoms with van der Waals surface area (Å²) < 4.78 is 0. The highest BCUT2D eigenvalue weighted by molar-refractivity contribution is 7.09. The summed E-state index contributed by atoms with van der Waals surface area (Å²) in [5, 5.41) is 6.55. The van der Waals surface area contributed by atoms with Gasteiger partial charge in [0.25, 0.3) is 0 Å². The third-order valence-electron chi connectivity index (χ3n) is 3.20. The number of hydrazine groups is 1. The van der Waals surface area contributed by atoms with Gasteiger partial charge in [-0.15, -0.1) is 11.3 Å². The minimum atomic E-state index is 0.271. The zero-order chi connectivity index (χ0) is 14.7. The highest BCUT2D eigenvalue weighted by Crippen LogP contribution is 2.23. The van der Waals surface area contributed by atoms with Gasteiger partial charge >= 0.3 is 0 Å². The van der Waals surface area contributed by atoms with E-state index in [9.17, 15) is 0 Å². The average molecular weight is 299 g/mol. The van der Waals surface area contributed by atoms with Crippen LogP contribution in [-0.4, -0.2) is 16.0 Å². The first-order valence-electron chi connectivity index (χ1n) is 6.78. The number of nitrogen functional groups attached to an aromatic ring is 1. The smallest absolute Gasteiger partial charge is 0.239 e. The molecule has 1 atom stereocenters. The summed E-state index contributed by atoms with van der Waals surface area (Å²) in [4.78, 5) is 10.1. The van der Waals surface area contributed by atoms with Crippen molar-refractivity contribution in [1.29, 1.82) is 0 Å². The van der Waals surface area contributed by atoms with Crippen molar-refractivity contribution in [2.45, 2.75) is 19.4 Å². The Morgan fingerprint density at radius 1 is 1.19 bits per heavy atom. The first kappa shape index (κ1) is 13.8. The van der Waals surface area contributed by atoms with Crippen LogP contribution in [0.4, 0.5) is 11.8 Å². The zero-order valence-corrected chi connectivity index (χ0v) is 12.5. The van der Waals surface area contributed by atoms with E-state index in [1.807, 2.05) is 24.3 Å². The number of hydrogen-bond acceptors (Lipinski definition) is 6. The Morgan fingerprint density at radius 3 is 2.81 bits per heavy atom. The van der Waals surface area contributed by atoms with Crippen LogP contribution in [0.15, 0.2) is 41.8 Å². The maximum atomic E-state index is 5.45. The van der Waals surface area contributed by atoms with Gasteiger partial charge in [-0.3, -0.25) is 5.43 Å². The average Bonchev–Trinajstić information content (AvgIpc) is 2.99. The van der Waals surface area contributed by atoms with E-state index >= 15 is 0 Å². The molecule has 0 aliphatic carbocycles. The fourth-order valence-electron chi connectivity index (χ4n) is 2.27. The van der Waals surface area contributed by atoms with E-state index in [0.717, 1.165) is 23.1 Å². The molecule has 1 aromatic carbocycles. The highest BCUT2D eigenvalue weighted by atomic mass is 32.1. The predicted octanol–water partition coefficient (Wildman–Crippen LogP) is 3.02. The number of nitrogens with zero attached hydrogens (tertiary/aromatic N) is 2. The van der Waals surface area contributed by atoms with Crippen LogP contribution in [0, 0.1) is 0 Å². The maximum Gasteiger partial charge on any atom is 0.239 e. The lowest BCUT2D eigenvalue weighted by Gasteiger charge is -2.16. The molecule has 0 radical (unpaired) electrons. The molecule has 0 bridgehead atoms. The summed E-state index contributed by atoms with van der Waals surface area (Å²) in [6.45, 7) is 2.14. The van der Waals surface area contributed by atoms with Crippen LogP contribution in [0.5, 0.6) is 0 Å². The number of aromatic nitrogens is 2. The molecule has 0 saturated carbocycles. The van der Waals surface area contributed by atoms with Crippen LogP contribution in [0.1, 0.15) is 11.8 Å². The summed E-state index contributed by atoms with van der Waals surface area (Å²) in [7, 11) is 0. The molecule has 0 saturated heterocycles. The first-order chi connectivity index (χ1) is 10.3.